The monoisotopic (exact) mass is 495 g/mol. The molecule has 1 atom stereocenters. The van der Waals surface area contributed by atoms with Crippen LogP contribution >= 0.6 is 11.6 Å². The van der Waals surface area contributed by atoms with Gasteiger partial charge in [-0.1, -0.05) is 11.6 Å². The van der Waals surface area contributed by atoms with E-state index in [1.807, 2.05) is 0 Å². The minimum atomic E-state index is -3.79. The number of nitrogens with zero attached hydrogens (tertiary/aromatic N) is 1. The van der Waals surface area contributed by atoms with E-state index in [2.05, 4.69) is 0 Å². The molecule has 180 valence electrons. The van der Waals surface area contributed by atoms with Gasteiger partial charge in [-0.15, -0.1) is 0 Å². The average molecular weight is 496 g/mol. The summed E-state index contributed by atoms with van der Waals surface area (Å²) in [6, 6.07) is 4.02. The van der Waals surface area contributed by atoms with Crippen molar-refractivity contribution >= 4 is 33.4 Å². The molecule has 7 nitrogen and oxygen atoms in total. The predicted molar refractivity (Wildman–Crippen MR) is 122 cm³/mol. The molecule has 1 unspecified atom stereocenters. The summed E-state index contributed by atoms with van der Waals surface area (Å²) in [5.41, 5.74) is -0.420. The average Bonchev–Trinajstić information content (AvgIpc) is 2.78. The molecule has 0 radical (unpaired) electrons. The highest BCUT2D eigenvalue weighted by Gasteiger charge is 2.55. The smallest absolute Gasteiger partial charge is 0.340 e. The Kier molecular flexibility index (Phi) is 6.08. The minimum absolute atomic E-state index is 0.00293. The van der Waals surface area contributed by atoms with E-state index in [9.17, 15) is 18.0 Å². The number of halogens is 1. The van der Waals surface area contributed by atoms with Gasteiger partial charge in [-0.2, -0.15) is 4.31 Å². The van der Waals surface area contributed by atoms with Crippen LogP contribution in [0.4, 0.5) is 0 Å². The first kappa shape index (κ1) is 23.3. The van der Waals surface area contributed by atoms with E-state index in [1.165, 1.54) is 41.8 Å². The maximum absolute atomic E-state index is 13.5. The molecule has 1 heterocycles. The Bertz CT molecular complexity index is 1030. The van der Waals surface area contributed by atoms with Crippen molar-refractivity contribution in [2.45, 2.75) is 56.4 Å². The van der Waals surface area contributed by atoms with Crippen LogP contribution in [-0.2, 0) is 24.3 Å². The van der Waals surface area contributed by atoms with Crippen molar-refractivity contribution in [2.75, 3.05) is 26.3 Å². The number of benzene rings is 1. The van der Waals surface area contributed by atoms with Gasteiger partial charge in [0.2, 0.25) is 10.0 Å². The number of esters is 1. The summed E-state index contributed by atoms with van der Waals surface area (Å²) < 4.78 is 38.1. The Morgan fingerprint density at radius 3 is 2.24 bits per heavy atom. The van der Waals surface area contributed by atoms with E-state index in [0.717, 1.165) is 19.3 Å². The molecule has 1 aliphatic heterocycles. The fraction of sp³-hybridized carbons (Fsp3) is 0.667. The molecule has 4 bridgehead atoms. The molecular weight excluding hydrogens is 466 g/mol. The molecule has 6 rings (SSSR count). The zero-order chi connectivity index (χ0) is 23.4. The summed E-state index contributed by atoms with van der Waals surface area (Å²) in [6.07, 6.45) is 5.46. The molecular formula is C24H30ClNO6S. The lowest BCUT2D eigenvalue weighted by Gasteiger charge is -2.56. The zero-order valence-corrected chi connectivity index (χ0v) is 20.4. The number of hydrogen-bond acceptors (Lipinski definition) is 6. The summed E-state index contributed by atoms with van der Waals surface area (Å²) in [4.78, 5) is 26.4. The van der Waals surface area contributed by atoms with Gasteiger partial charge in [0, 0.05) is 18.5 Å². The molecule has 1 aromatic carbocycles. The van der Waals surface area contributed by atoms with Crippen LogP contribution in [0.1, 0.15) is 55.8 Å². The molecule has 1 aromatic rings. The largest absolute Gasteiger partial charge is 0.451 e. The molecule has 0 aromatic heterocycles. The molecule has 1 saturated heterocycles. The molecule has 0 spiro atoms. The summed E-state index contributed by atoms with van der Waals surface area (Å²) >= 11 is 6.23. The number of carbonyl (C=O) groups excluding carboxylic acids is 2. The second kappa shape index (κ2) is 8.63. The zero-order valence-electron chi connectivity index (χ0n) is 18.8. The van der Waals surface area contributed by atoms with E-state index >= 15 is 0 Å². The predicted octanol–water partition coefficient (Wildman–Crippen LogP) is 3.69. The number of sulfonamides is 1. The highest BCUT2D eigenvalue weighted by atomic mass is 35.5. The lowest BCUT2D eigenvalue weighted by Crippen LogP contribution is -2.52. The van der Waals surface area contributed by atoms with Crippen LogP contribution in [0.2, 0.25) is 5.02 Å². The van der Waals surface area contributed by atoms with E-state index in [-0.39, 0.29) is 39.8 Å². The van der Waals surface area contributed by atoms with Crippen LogP contribution in [0.25, 0.3) is 0 Å². The molecule has 0 N–H and O–H groups in total. The Labute approximate surface area is 199 Å². The van der Waals surface area contributed by atoms with Crippen molar-refractivity contribution in [3.63, 3.8) is 0 Å². The second-order valence-electron chi connectivity index (χ2n) is 10.3. The van der Waals surface area contributed by atoms with Crippen LogP contribution in [-0.4, -0.2) is 56.9 Å². The number of morpholine rings is 1. The lowest BCUT2D eigenvalue weighted by atomic mass is 9.48. The van der Waals surface area contributed by atoms with Gasteiger partial charge in [0.1, 0.15) is 0 Å². The van der Waals surface area contributed by atoms with E-state index in [0.29, 0.717) is 31.0 Å². The Morgan fingerprint density at radius 1 is 1.09 bits per heavy atom. The molecule has 5 aliphatic rings. The third-order valence-electron chi connectivity index (χ3n) is 7.98. The molecule has 4 saturated carbocycles. The van der Waals surface area contributed by atoms with Gasteiger partial charge in [-0.3, -0.25) is 4.79 Å². The van der Waals surface area contributed by atoms with Crippen LogP contribution in [0.5, 0.6) is 0 Å². The topological polar surface area (TPSA) is 90.0 Å². The fourth-order valence-electron chi connectivity index (χ4n) is 6.88. The number of carbonyl (C=O) groups is 2. The van der Waals surface area contributed by atoms with Gasteiger partial charge in [0.15, 0.2) is 11.9 Å². The third kappa shape index (κ3) is 4.24. The normalized spacial score (nSPS) is 32.5. The summed E-state index contributed by atoms with van der Waals surface area (Å²) in [5, 5.41) is 0.0929. The van der Waals surface area contributed by atoms with E-state index in [1.54, 1.807) is 6.92 Å². The first-order valence-electron chi connectivity index (χ1n) is 11.8. The highest BCUT2D eigenvalue weighted by molar-refractivity contribution is 7.89. The van der Waals surface area contributed by atoms with Gasteiger partial charge in [0.05, 0.1) is 28.7 Å². The quantitative estimate of drug-likeness (QED) is 0.559. The van der Waals surface area contributed by atoms with E-state index < -0.39 is 22.1 Å². The second-order valence-corrected chi connectivity index (χ2v) is 12.6. The Balaban J connectivity index is 1.32. The van der Waals surface area contributed by atoms with Crippen LogP contribution in [0.15, 0.2) is 23.1 Å². The first-order valence-corrected chi connectivity index (χ1v) is 13.6. The molecule has 5 fully saturated rings. The van der Waals surface area contributed by atoms with Gasteiger partial charge >= 0.3 is 5.97 Å². The molecule has 9 heteroatoms. The summed E-state index contributed by atoms with van der Waals surface area (Å²) in [6.45, 7) is 2.78. The highest BCUT2D eigenvalue weighted by Crippen LogP contribution is 2.60. The van der Waals surface area contributed by atoms with Crippen LogP contribution < -0.4 is 0 Å². The number of rotatable bonds is 6. The maximum atomic E-state index is 13.5. The van der Waals surface area contributed by atoms with Crippen molar-refractivity contribution in [1.29, 1.82) is 0 Å². The maximum Gasteiger partial charge on any atom is 0.340 e. The summed E-state index contributed by atoms with van der Waals surface area (Å²) in [5.74, 6) is 1.06. The first-order chi connectivity index (χ1) is 15.7. The van der Waals surface area contributed by atoms with Crippen molar-refractivity contribution in [1.82, 2.24) is 4.31 Å². The summed E-state index contributed by atoms with van der Waals surface area (Å²) in [7, 11) is -3.79. The number of ketones is 1. The Hall–Kier alpha value is -1.48. The van der Waals surface area contributed by atoms with Gasteiger partial charge in [0.25, 0.3) is 0 Å². The van der Waals surface area contributed by atoms with Crippen molar-refractivity contribution in [3.05, 3.63) is 28.8 Å². The molecule has 0 amide bonds. The fourth-order valence-corrected chi connectivity index (χ4v) is 8.51. The third-order valence-corrected chi connectivity index (χ3v) is 10.2. The number of hydrogen-bond donors (Lipinski definition) is 0. The van der Waals surface area contributed by atoms with Crippen LogP contribution in [0.3, 0.4) is 0 Å². The van der Waals surface area contributed by atoms with Gasteiger partial charge in [-0.25, -0.2) is 13.2 Å². The SMILES string of the molecule is CC(OC(=O)c1cc(S(=O)(=O)N2CCOCC2)ccc1Cl)C(=O)C12CC3CC(CC(C3)C1)C2. The number of Topliss-reactive ketones (excluding diaryl/α,β-unsaturated/α-hetero) is 1. The standard InChI is InChI=1S/C24H30ClNO6S/c1-15(22(27)24-12-16-8-17(13-24)10-18(9-16)14-24)32-23(28)20-11-19(2-3-21(20)25)33(29,30)26-4-6-31-7-5-26/h2-3,11,15-18H,4-10,12-14H2,1H3. The van der Waals surface area contributed by atoms with Gasteiger partial charge < -0.3 is 9.47 Å². The molecule has 33 heavy (non-hydrogen) atoms. The molecule has 4 aliphatic carbocycles. The lowest BCUT2D eigenvalue weighted by molar-refractivity contribution is -0.152. The number of ether oxygens (including phenoxy) is 2. The van der Waals surface area contributed by atoms with Crippen molar-refractivity contribution in [2.24, 2.45) is 23.2 Å². The van der Waals surface area contributed by atoms with Crippen molar-refractivity contribution in [3.8, 4) is 0 Å². The van der Waals surface area contributed by atoms with Gasteiger partial charge in [-0.05, 0) is 81.4 Å². The van der Waals surface area contributed by atoms with Crippen LogP contribution in [0, 0.1) is 23.2 Å². The minimum Gasteiger partial charge on any atom is -0.451 e. The van der Waals surface area contributed by atoms with E-state index in [4.69, 9.17) is 21.1 Å². The Morgan fingerprint density at radius 2 is 1.67 bits per heavy atom. The van der Waals surface area contributed by atoms with Crippen molar-refractivity contribution < 1.29 is 27.5 Å².